The van der Waals surface area contributed by atoms with Gasteiger partial charge in [-0.3, -0.25) is 5.10 Å². The lowest BCUT2D eigenvalue weighted by atomic mass is 10.1. The lowest BCUT2D eigenvalue weighted by Gasteiger charge is -2.20. The van der Waals surface area contributed by atoms with Crippen LogP contribution in [0.4, 0.5) is 11.8 Å². The number of aliphatic hydroxyl groups excluding tert-OH is 1. The summed E-state index contributed by atoms with van der Waals surface area (Å²) in [6.07, 6.45) is 6.90. The van der Waals surface area contributed by atoms with E-state index in [9.17, 15) is 5.11 Å². The van der Waals surface area contributed by atoms with Crippen molar-refractivity contribution in [1.82, 2.24) is 25.4 Å². The Hall–Kier alpha value is -2.42. The van der Waals surface area contributed by atoms with Gasteiger partial charge in [-0.25, -0.2) is 4.98 Å². The minimum atomic E-state index is 0.101. The van der Waals surface area contributed by atoms with E-state index in [-0.39, 0.29) is 25.2 Å². The lowest BCUT2D eigenvalue weighted by Crippen LogP contribution is -2.22. The summed E-state index contributed by atoms with van der Waals surface area (Å²) in [4.78, 5) is 8.17. The van der Waals surface area contributed by atoms with Crippen LogP contribution in [0.2, 0.25) is 0 Å². The van der Waals surface area contributed by atoms with Gasteiger partial charge in [0.2, 0.25) is 5.95 Å². The van der Waals surface area contributed by atoms with E-state index in [1.807, 2.05) is 0 Å². The first kappa shape index (κ1) is 16.9. The number of anilines is 2. The van der Waals surface area contributed by atoms with Crippen molar-refractivity contribution in [2.24, 2.45) is 0 Å². The SMILES string of the molecule is CCCCC(CCO)Nc1nc(N)ncc1OCc1c[nH]nn1. The Labute approximate surface area is 134 Å². The first-order chi connectivity index (χ1) is 11.2. The van der Waals surface area contributed by atoms with Crippen LogP contribution >= 0.6 is 0 Å². The second-order valence-electron chi connectivity index (χ2n) is 5.19. The zero-order valence-corrected chi connectivity index (χ0v) is 13.2. The number of hydrogen-bond donors (Lipinski definition) is 4. The van der Waals surface area contributed by atoms with E-state index < -0.39 is 0 Å². The van der Waals surface area contributed by atoms with Gasteiger partial charge in [0.05, 0.1) is 6.20 Å². The average Bonchev–Trinajstić information content (AvgIpc) is 3.05. The molecule has 5 N–H and O–H groups in total. The van der Waals surface area contributed by atoms with Crippen molar-refractivity contribution in [2.75, 3.05) is 17.7 Å². The predicted octanol–water partition coefficient (Wildman–Crippen LogP) is 1.11. The first-order valence-electron chi connectivity index (χ1n) is 7.71. The number of H-pyrrole nitrogens is 1. The fraction of sp³-hybridized carbons (Fsp3) is 0.571. The van der Waals surface area contributed by atoms with Crippen molar-refractivity contribution < 1.29 is 9.84 Å². The topological polar surface area (TPSA) is 135 Å². The molecule has 0 aliphatic heterocycles. The maximum Gasteiger partial charge on any atom is 0.222 e. The number of ether oxygens (including phenoxy) is 1. The Morgan fingerprint density at radius 3 is 3.00 bits per heavy atom. The quantitative estimate of drug-likeness (QED) is 0.511. The van der Waals surface area contributed by atoms with Gasteiger partial charge < -0.3 is 20.9 Å². The lowest BCUT2D eigenvalue weighted by molar-refractivity contribution is 0.275. The number of nitrogens with one attached hydrogen (secondary N) is 2. The average molecular weight is 321 g/mol. The van der Waals surface area contributed by atoms with E-state index in [2.05, 4.69) is 37.6 Å². The molecule has 0 aromatic carbocycles. The minimum Gasteiger partial charge on any atom is -0.482 e. The van der Waals surface area contributed by atoms with Gasteiger partial charge in [0.15, 0.2) is 11.6 Å². The van der Waals surface area contributed by atoms with Crippen molar-refractivity contribution in [3.8, 4) is 5.75 Å². The van der Waals surface area contributed by atoms with E-state index in [0.29, 0.717) is 23.7 Å². The molecule has 0 amide bonds. The highest BCUT2D eigenvalue weighted by atomic mass is 16.5. The van der Waals surface area contributed by atoms with E-state index in [1.54, 1.807) is 6.20 Å². The van der Waals surface area contributed by atoms with Gasteiger partial charge in [0.25, 0.3) is 0 Å². The summed E-state index contributed by atoms with van der Waals surface area (Å²) in [5.74, 6) is 1.18. The molecule has 2 rings (SSSR count). The zero-order chi connectivity index (χ0) is 16.5. The molecule has 0 aliphatic carbocycles. The summed E-state index contributed by atoms with van der Waals surface area (Å²) in [7, 11) is 0. The molecular weight excluding hydrogens is 298 g/mol. The van der Waals surface area contributed by atoms with Crippen LogP contribution in [0.1, 0.15) is 38.3 Å². The summed E-state index contributed by atoms with van der Waals surface area (Å²) in [6.45, 7) is 2.49. The number of hydrogen-bond acceptors (Lipinski definition) is 8. The van der Waals surface area contributed by atoms with Crippen molar-refractivity contribution in [1.29, 1.82) is 0 Å². The smallest absolute Gasteiger partial charge is 0.222 e. The molecule has 9 heteroatoms. The number of nitrogen functional groups attached to an aromatic ring is 1. The van der Waals surface area contributed by atoms with Crippen LogP contribution in [0, 0.1) is 0 Å². The summed E-state index contributed by atoms with van der Waals surface area (Å²) in [5.41, 5.74) is 6.35. The number of aliphatic hydroxyl groups is 1. The van der Waals surface area contributed by atoms with Crippen molar-refractivity contribution >= 4 is 11.8 Å². The summed E-state index contributed by atoms with van der Waals surface area (Å²) in [5, 5.41) is 22.6. The Morgan fingerprint density at radius 2 is 2.30 bits per heavy atom. The maximum absolute atomic E-state index is 9.22. The molecule has 2 aromatic rings. The Morgan fingerprint density at radius 1 is 1.43 bits per heavy atom. The van der Waals surface area contributed by atoms with Gasteiger partial charge in [0.1, 0.15) is 12.3 Å². The van der Waals surface area contributed by atoms with Gasteiger partial charge in [-0.2, -0.15) is 4.98 Å². The Kier molecular flexibility index (Phi) is 6.55. The molecule has 2 aromatic heterocycles. The van der Waals surface area contributed by atoms with Crippen molar-refractivity contribution in [3.63, 3.8) is 0 Å². The van der Waals surface area contributed by atoms with E-state index in [4.69, 9.17) is 10.5 Å². The zero-order valence-electron chi connectivity index (χ0n) is 13.2. The Balaban J connectivity index is 2.06. The molecular formula is C14H23N7O2. The normalized spacial score (nSPS) is 12.1. The molecule has 2 heterocycles. The van der Waals surface area contributed by atoms with Gasteiger partial charge in [-0.15, -0.1) is 5.10 Å². The standard InChI is InChI=1S/C14H23N7O2/c1-2-3-4-10(5-6-22)18-13-12(8-16-14(15)19-13)23-9-11-7-17-21-20-11/h7-8,10,22H,2-6,9H2,1H3,(H,17,20,21)(H3,15,16,18,19). The summed E-state index contributed by atoms with van der Waals surface area (Å²) >= 11 is 0. The molecule has 0 saturated heterocycles. The number of nitrogens with two attached hydrogens (primary N) is 1. The fourth-order valence-corrected chi connectivity index (χ4v) is 2.13. The van der Waals surface area contributed by atoms with Crippen LogP contribution in [0.5, 0.6) is 5.75 Å². The predicted molar refractivity (Wildman–Crippen MR) is 85.8 cm³/mol. The van der Waals surface area contributed by atoms with E-state index >= 15 is 0 Å². The molecule has 0 aliphatic rings. The van der Waals surface area contributed by atoms with Gasteiger partial charge >= 0.3 is 0 Å². The molecule has 9 nitrogen and oxygen atoms in total. The second kappa shape index (κ2) is 8.89. The number of aromatic nitrogens is 5. The van der Waals surface area contributed by atoms with Gasteiger partial charge in [-0.1, -0.05) is 25.0 Å². The Bertz CT molecular complexity index is 577. The van der Waals surface area contributed by atoms with Crippen molar-refractivity contribution in [3.05, 3.63) is 18.1 Å². The molecule has 126 valence electrons. The summed E-state index contributed by atoms with van der Waals surface area (Å²) in [6, 6.07) is 0.101. The highest BCUT2D eigenvalue weighted by Crippen LogP contribution is 2.24. The van der Waals surface area contributed by atoms with Crippen LogP contribution in [0.3, 0.4) is 0 Å². The summed E-state index contributed by atoms with van der Waals surface area (Å²) < 4.78 is 5.69. The van der Waals surface area contributed by atoms with E-state index in [1.165, 1.54) is 6.20 Å². The highest BCUT2D eigenvalue weighted by Gasteiger charge is 2.14. The molecule has 0 spiro atoms. The molecule has 1 unspecified atom stereocenters. The third-order valence-corrected chi connectivity index (χ3v) is 3.34. The molecule has 23 heavy (non-hydrogen) atoms. The first-order valence-corrected chi connectivity index (χ1v) is 7.71. The monoisotopic (exact) mass is 321 g/mol. The molecule has 0 bridgehead atoms. The highest BCUT2D eigenvalue weighted by molar-refractivity contribution is 5.51. The van der Waals surface area contributed by atoms with E-state index in [0.717, 1.165) is 19.3 Å². The third-order valence-electron chi connectivity index (χ3n) is 3.34. The minimum absolute atomic E-state index is 0.101. The third kappa shape index (κ3) is 5.37. The van der Waals surface area contributed by atoms with Crippen LogP contribution in [0.15, 0.2) is 12.4 Å². The second-order valence-corrected chi connectivity index (χ2v) is 5.19. The van der Waals surface area contributed by atoms with Crippen LogP contribution in [0.25, 0.3) is 0 Å². The van der Waals surface area contributed by atoms with Crippen LogP contribution < -0.4 is 15.8 Å². The number of unbranched alkanes of at least 4 members (excludes halogenated alkanes) is 1. The largest absolute Gasteiger partial charge is 0.482 e. The van der Waals surface area contributed by atoms with Gasteiger partial charge in [-0.05, 0) is 12.8 Å². The number of nitrogens with zero attached hydrogens (tertiary/aromatic N) is 4. The molecule has 0 radical (unpaired) electrons. The number of aromatic amines is 1. The molecule has 0 saturated carbocycles. The molecule has 0 fully saturated rings. The van der Waals surface area contributed by atoms with Gasteiger partial charge in [0, 0.05) is 18.8 Å². The maximum atomic E-state index is 9.22. The van der Waals surface area contributed by atoms with Crippen LogP contribution in [-0.4, -0.2) is 43.1 Å². The number of rotatable bonds is 10. The van der Waals surface area contributed by atoms with Crippen molar-refractivity contribution in [2.45, 2.75) is 45.3 Å². The van der Waals surface area contributed by atoms with Crippen LogP contribution in [-0.2, 0) is 6.61 Å². The fourth-order valence-electron chi connectivity index (χ4n) is 2.13. The molecule has 1 atom stereocenters.